The van der Waals surface area contributed by atoms with Gasteiger partial charge in [0.15, 0.2) is 10.8 Å². The Morgan fingerprint density at radius 1 is 1.00 bits per heavy atom. The second-order valence-electron chi connectivity index (χ2n) is 10.6. The smallest absolute Gasteiger partial charge is 0.258 e. The van der Waals surface area contributed by atoms with Crippen molar-refractivity contribution in [2.45, 2.75) is 53.0 Å². The Hall–Kier alpha value is -3.52. The van der Waals surface area contributed by atoms with Crippen molar-refractivity contribution >= 4 is 40.5 Å². The third-order valence-corrected chi connectivity index (χ3v) is 7.20. The summed E-state index contributed by atoms with van der Waals surface area (Å²) < 4.78 is 16.8. The Morgan fingerprint density at radius 3 is 2.32 bits per heavy atom. The maximum atomic E-state index is 13.2. The van der Waals surface area contributed by atoms with E-state index in [9.17, 15) is 9.59 Å². The number of amides is 2. The normalized spacial score (nSPS) is 14.3. The van der Waals surface area contributed by atoms with Crippen LogP contribution in [0.5, 0.6) is 5.75 Å². The minimum atomic E-state index is -0.832. The maximum absolute atomic E-state index is 13.2. The third kappa shape index (κ3) is 8.73. The van der Waals surface area contributed by atoms with E-state index < -0.39 is 5.54 Å². The molecule has 1 heterocycles. The molecule has 3 rings (SSSR count). The summed E-state index contributed by atoms with van der Waals surface area (Å²) in [7, 11) is 0. The molecule has 1 fully saturated rings. The Kier molecular flexibility index (Phi) is 11.6. The van der Waals surface area contributed by atoms with Crippen LogP contribution in [-0.2, 0) is 19.1 Å². The van der Waals surface area contributed by atoms with E-state index >= 15 is 0 Å². The molecular formula is C31H40N4O5S. The van der Waals surface area contributed by atoms with Gasteiger partial charge >= 0.3 is 0 Å². The molecule has 41 heavy (non-hydrogen) atoms. The number of carbonyl (C=O) groups is 2. The summed E-state index contributed by atoms with van der Waals surface area (Å²) in [5, 5.41) is 3.27. The van der Waals surface area contributed by atoms with Gasteiger partial charge in [0.2, 0.25) is 5.91 Å². The van der Waals surface area contributed by atoms with E-state index in [1.165, 1.54) is 16.0 Å². The van der Waals surface area contributed by atoms with E-state index in [-0.39, 0.29) is 11.8 Å². The summed E-state index contributed by atoms with van der Waals surface area (Å²) in [6.45, 7) is 20.0. The summed E-state index contributed by atoms with van der Waals surface area (Å²) in [5.74, 6) is 0.640. The molecule has 9 nitrogen and oxygen atoms in total. The van der Waals surface area contributed by atoms with Gasteiger partial charge in [-0.2, -0.15) is 0 Å². The first kappa shape index (κ1) is 32.0. The summed E-state index contributed by atoms with van der Waals surface area (Å²) in [4.78, 5) is 32.4. The average molecular weight is 581 g/mol. The van der Waals surface area contributed by atoms with Crippen molar-refractivity contribution in [2.24, 2.45) is 0 Å². The van der Waals surface area contributed by atoms with E-state index in [4.69, 9.17) is 33.0 Å². The van der Waals surface area contributed by atoms with Crippen molar-refractivity contribution in [3.63, 3.8) is 0 Å². The van der Waals surface area contributed by atoms with Gasteiger partial charge in [-0.25, -0.2) is 4.85 Å². The van der Waals surface area contributed by atoms with Crippen molar-refractivity contribution in [3.8, 4) is 5.75 Å². The first-order chi connectivity index (χ1) is 19.5. The molecule has 0 aliphatic carbocycles. The molecule has 0 saturated carbocycles. The van der Waals surface area contributed by atoms with Crippen molar-refractivity contribution in [2.75, 3.05) is 51.0 Å². The van der Waals surface area contributed by atoms with E-state index in [0.29, 0.717) is 75.5 Å². The van der Waals surface area contributed by atoms with Crippen LogP contribution in [-0.4, -0.2) is 73.5 Å². The topological polar surface area (TPSA) is 84.7 Å². The second kappa shape index (κ2) is 14.9. The fourth-order valence-corrected chi connectivity index (χ4v) is 5.16. The van der Waals surface area contributed by atoms with E-state index in [2.05, 4.69) is 16.2 Å². The van der Waals surface area contributed by atoms with Crippen LogP contribution in [0.1, 0.15) is 43.4 Å². The predicted octanol–water partition coefficient (Wildman–Crippen LogP) is 4.88. The molecule has 0 spiro atoms. The van der Waals surface area contributed by atoms with Crippen LogP contribution in [0.4, 0.5) is 11.4 Å². The van der Waals surface area contributed by atoms with Gasteiger partial charge in [-0.05, 0) is 94.2 Å². The number of hydrogen-bond acceptors (Lipinski definition) is 6. The highest BCUT2D eigenvalue weighted by atomic mass is 32.1. The number of aryl methyl sites for hydroxylation is 3. The molecule has 0 atom stereocenters. The molecule has 2 aromatic carbocycles. The highest BCUT2D eigenvalue weighted by molar-refractivity contribution is 7.80. The van der Waals surface area contributed by atoms with Gasteiger partial charge in [-0.15, -0.1) is 0 Å². The number of hydrogen-bond donors (Lipinski definition) is 1. The largest absolute Gasteiger partial charge is 0.491 e. The number of nitrogens with one attached hydrogen (secondary N) is 1. The van der Waals surface area contributed by atoms with E-state index in [0.717, 1.165) is 11.3 Å². The minimum Gasteiger partial charge on any atom is -0.491 e. The number of anilines is 1. The van der Waals surface area contributed by atoms with Crippen molar-refractivity contribution in [3.05, 3.63) is 64.5 Å². The van der Waals surface area contributed by atoms with Gasteiger partial charge in [-0.1, -0.05) is 12.1 Å². The molecule has 2 amide bonds. The monoisotopic (exact) mass is 580 g/mol. The van der Waals surface area contributed by atoms with Crippen LogP contribution >= 0.6 is 12.2 Å². The van der Waals surface area contributed by atoms with E-state index in [1.807, 2.05) is 51.7 Å². The Balaban J connectivity index is 1.28. The first-order valence-electron chi connectivity index (χ1n) is 13.8. The molecule has 1 saturated heterocycles. The highest BCUT2D eigenvalue weighted by Gasteiger charge is 2.49. The quantitative estimate of drug-likeness (QED) is 0.183. The van der Waals surface area contributed by atoms with Crippen LogP contribution in [0, 0.1) is 27.3 Å². The second-order valence-corrected chi connectivity index (χ2v) is 10.9. The lowest BCUT2D eigenvalue weighted by atomic mass is 10.0. The van der Waals surface area contributed by atoms with Crippen LogP contribution in [0.3, 0.4) is 0 Å². The number of thiocarbonyl (C=S) groups is 1. The van der Waals surface area contributed by atoms with Crippen molar-refractivity contribution in [1.82, 2.24) is 10.2 Å². The Morgan fingerprint density at radius 2 is 1.66 bits per heavy atom. The molecule has 0 aromatic heterocycles. The number of rotatable bonds is 15. The molecule has 220 valence electrons. The zero-order chi connectivity index (χ0) is 30.0. The van der Waals surface area contributed by atoms with Gasteiger partial charge in [-0.3, -0.25) is 14.5 Å². The SMILES string of the molecule is [C-]#[N+]c1ccc(N2C(=O)C(C)(C)N(CCCC(=O)NCCOCCOCCOc3cc(C)cc(C)c3)C2=S)cc1C. The molecule has 10 heteroatoms. The van der Waals surface area contributed by atoms with E-state index in [1.54, 1.807) is 18.2 Å². The average Bonchev–Trinajstić information content (AvgIpc) is 3.08. The number of carbonyl (C=O) groups excluding carboxylic acids is 2. The molecule has 2 aromatic rings. The van der Waals surface area contributed by atoms with Gasteiger partial charge in [0.1, 0.15) is 17.9 Å². The summed E-state index contributed by atoms with van der Waals surface area (Å²) in [6, 6.07) is 11.4. The Bertz CT molecular complexity index is 1270. The maximum Gasteiger partial charge on any atom is 0.258 e. The Labute approximate surface area is 248 Å². The fourth-order valence-electron chi connectivity index (χ4n) is 4.65. The number of nitrogens with zero attached hydrogens (tertiary/aromatic N) is 3. The molecule has 1 aliphatic heterocycles. The lowest BCUT2D eigenvalue weighted by Crippen LogP contribution is -2.44. The number of ether oxygens (including phenoxy) is 3. The molecule has 1 aliphatic rings. The zero-order valence-electron chi connectivity index (χ0n) is 24.6. The summed E-state index contributed by atoms with van der Waals surface area (Å²) >= 11 is 5.67. The van der Waals surface area contributed by atoms with Crippen LogP contribution in [0.15, 0.2) is 36.4 Å². The summed E-state index contributed by atoms with van der Waals surface area (Å²) in [6.07, 6.45) is 0.858. The molecule has 0 bridgehead atoms. The fraction of sp³-hybridized carbons (Fsp3) is 0.484. The van der Waals surface area contributed by atoms with Crippen molar-refractivity contribution in [1.29, 1.82) is 0 Å². The van der Waals surface area contributed by atoms with Gasteiger partial charge in [0, 0.05) is 25.2 Å². The zero-order valence-corrected chi connectivity index (χ0v) is 25.4. The lowest BCUT2D eigenvalue weighted by molar-refractivity contribution is -0.123. The molecule has 0 unspecified atom stereocenters. The molecule has 1 N–H and O–H groups in total. The van der Waals surface area contributed by atoms with Gasteiger partial charge < -0.3 is 24.4 Å². The van der Waals surface area contributed by atoms with Crippen LogP contribution in [0.2, 0.25) is 0 Å². The van der Waals surface area contributed by atoms with Gasteiger partial charge in [0.25, 0.3) is 5.91 Å². The molecular weight excluding hydrogens is 540 g/mol. The number of benzene rings is 2. The third-order valence-electron chi connectivity index (χ3n) is 6.80. The standard InChI is InChI=1S/C31H40N4O5S/c1-22-18-23(2)20-26(19-22)40-17-16-39-15-14-38-13-11-33-28(36)8-7-12-34-30(41)35(29(37)31(34,4)5)25-9-10-27(32-6)24(3)21-25/h9-10,18-21H,7-8,11-17H2,1-5H3,(H,33,36). The lowest BCUT2D eigenvalue weighted by Gasteiger charge is -2.29. The highest BCUT2D eigenvalue weighted by Crippen LogP contribution is 2.34. The van der Waals surface area contributed by atoms with Crippen LogP contribution < -0.4 is 15.0 Å². The van der Waals surface area contributed by atoms with Gasteiger partial charge in [0.05, 0.1) is 33.0 Å². The summed E-state index contributed by atoms with van der Waals surface area (Å²) in [5.41, 5.74) is 3.48. The van der Waals surface area contributed by atoms with Crippen LogP contribution in [0.25, 0.3) is 4.85 Å². The van der Waals surface area contributed by atoms with Crippen molar-refractivity contribution < 1.29 is 23.8 Å². The predicted molar refractivity (Wildman–Crippen MR) is 164 cm³/mol. The first-order valence-corrected chi connectivity index (χ1v) is 14.2. The molecule has 0 radical (unpaired) electrons. The minimum absolute atomic E-state index is 0.0788.